The van der Waals surface area contributed by atoms with Crippen LogP contribution in [0.15, 0.2) is 42.5 Å². The Morgan fingerprint density at radius 3 is 2.52 bits per heavy atom. The molecule has 3 aromatic rings. The molecular weight excluding hydrogens is 344 g/mol. The lowest BCUT2D eigenvalue weighted by atomic mass is 10.0. The van der Waals surface area contributed by atoms with Crippen LogP contribution in [0, 0.1) is 6.92 Å². The fourth-order valence-corrected chi connectivity index (χ4v) is 3.20. The Kier molecular flexibility index (Phi) is 5.16. The molecule has 1 unspecified atom stereocenters. The lowest BCUT2D eigenvalue weighted by Crippen LogP contribution is -2.33. The number of fused-ring (bicyclic) bond motifs is 1. The highest BCUT2D eigenvalue weighted by Crippen LogP contribution is 2.29. The van der Waals surface area contributed by atoms with Gasteiger partial charge in [0, 0.05) is 28.2 Å². The summed E-state index contributed by atoms with van der Waals surface area (Å²) < 4.78 is 10.6. The van der Waals surface area contributed by atoms with Gasteiger partial charge in [-0.1, -0.05) is 18.2 Å². The van der Waals surface area contributed by atoms with Gasteiger partial charge in [-0.05, 0) is 32.0 Å². The number of rotatable bonds is 6. The van der Waals surface area contributed by atoms with Crippen molar-refractivity contribution in [1.29, 1.82) is 0 Å². The molecule has 0 spiro atoms. The van der Waals surface area contributed by atoms with Crippen molar-refractivity contribution in [3.8, 4) is 11.5 Å². The number of hydrogen-bond acceptors (Lipinski definition) is 4. The molecule has 6 heteroatoms. The third kappa shape index (κ3) is 3.51. The summed E-state index contributed by atoms with van der Waals surface area (Å²) in [6.45, 7) is 3.59. The number of hydrogen-bond donors (Lipinski definition) is 2. The fourth-order valence-electron chi connectivity index (χ4n) is 3.20. The number of H-pyrrole nitrogens is 1. The zero-order valence-electron chi connectivity index (χ0n) is 15.8. The number of aromatic nitrogens is 1. The second-order valence-electron chi connectivity index (χ2n) is 6.30. The van der Waals surface area contributed by atoms with E-state index in [2.05, 4.69) is 10.3 Å². The molecule has 1 heterocycles. The predicted molar refractivity (Wildman–Crippen MR) is 103 cm³/mol. The first-order valence-electron chi connectivity index (χ1n) is 8.60. The highest BCUT2D eigenvalue weighted by atomic mass is 16.5. The van der Waals surface area contributed by atoms with Gasteiger partial charge in [-0.3, -0.25) is 9.59 Å². The van der Waals surface area contributed by atoms with Gasteiger partial charge in [-0.25, -0.2) is 0 Å². The van der Waals surface area contributed by atoms with E-state index in [1.165, 1.54) is 0 Å². The molecule has 0 saturated heterocycles. The van der Waals surface area contributed by atoms with Crippen LogP contribution in [0.25, 0.3) is 10.9 Å². The maximum atomic E-state index is 12.8. The number of Topliss-reactive ketones (excluding diaryl/α,β-unsaturated/α-hetero) is 1. The molecule has 1 aromatic heterocycles. The monoisotopic (exact) mass is 366 g/mol. The minimum absolute atomic E-state index is 0.400. The van der Waals surface area contributed by atoms with E-state index in [0.717, 1.165) is 16.5 Å². The van der Waals surface area contributed by atoms with Crippen LogP contribution in [0.4, 0.5) is 0 Å². The third-order valence-corrected chi connectivity index (χ3v) is 4.58. The number of nitrogens with one attached hydrogen (secondary N) is 2. The average Bonchev–Trinajstić information content (AvgIpc) is 3.02. The standard InChI is InChI=1S/C21H22N2O4/c1-12(15-10-9-14(26-3)11-18(15)27-4)23-21(25)20(24)19-13(2)22-17-8-6-5-7-16(17)19/h5-12,22H,1-4H3,(H,23,25). The number of methoxy groups -OCH3 is 2. The Labute approximate surface area is 157 Å². The predicted octanol–water partition coefficient (Wildman–Crippen LogP) is 3.55. The van der Waals surface area contributed by atoms with E-state index in [1.807, 2.05) is 30.3 Å². The fraction of sp³-hybridized carbons (Fsp3) is 0.238. The van der Waals surface area contributed by atoms with Crippen molar-refractivity contribution in [2.45, 2.75) is 19.9 Å². The van der Waals surface area contributed by atoms with E-state index in [0.29, 0.717) is 22.8 Å². The highest BCUT2D eigenvalue weighted by Gasteiger charge is 2.25. The smallest absolute Gasteiger partial charge is 0.292 e. The molecule has 1 amide bonds. The van der Waals surface area contributed by atoms with E-state index < -0.39 is 17.7 Å². The average molecular weight is 366 g/mol. The van der Waals surface area contributed by atoms with Gasteiger partial charge in [0.15, 0.2) is 0 Å². The van der Waals surface area contributed by atoms with Crippen molar-refractivity contribution in [2.75, 3.05) is 14.2 Å². The van der Waals surface area contributed by atoms with Crippen LogP contribution in [0.2, 0.25) is 0 Å². The molecule has 1 atom stereocenters. The van der Waals surface area contributed by atoms with Crippen molar-refractivity contribution in [3.05, 3.63) is 59.3 Å². The van der Waals surface area contributed by atoms with E-state index in [1.54, 1.807) is 40.2 Å². The zero-order chi connectivity index (χ0) is 19.6. The molecular formula is C21H22N2O4. The number of aryl methyl sites for hydroxylation is 1. The quantitative estimate of drug-likeness (QED) is 0.516. The second-order valence-corrected chi connectivity index (χ2v) is 6.30. The van der Waals surface area contributed by atoms with Gasteiger partial charge in [0.1, 0.15) is 11.5 Å². The molecule has 0 aliphatic carbocycles. The van der Waals surface area contributed by atoms with Crippen LogP contribution in [-0.2, 0) is 4.79 Å². The van der Waals surface area contributed by atoms with Crippen molar-refractivity contribution >= 4 is 22.6 Å². The number of benzene rings is 2. The Bertz CT molecular complexity index is 1010. The van der Waals surface area contributed by atoms with Gasteiger partial charge in [0.25, 0.3) is 11.7 Å². The van der Waals surface area contributed by atoms with Crippen LogP contribution >= 0.6 is 0 Å². The minimum Gasteiger partial charge on any atom is -0.497 e. The molecule has 0 aliphatic heterocycles. The summed E-state index contributed by atoms with van der Waals surface area (Å²) in [5.74, 6) is 0.00926. The summed E-state index contributed by atoms with van der Waals surface area (Å²) in [4.78, 5) is 28.5. The van der Waals surface area contributed by atoms with Crippen LogP contribution in [-0.4, -0.2) is 30.9 Å². The zero-order valence-corrected chi connectivity index (χ0v) is 15.8. The number of ketones is 1. The summed E-state index contributed by atoms with van der Waals surface area (Å²) in [5.41, 5.74) is 2.66. The van der Waals surface area contributed by atoms with Crippen LogP contribution in [0.1, 0.15) is 34.6 Å². The normalized spacial score (nSPS) is 11.9. The number of para-hydroxylation sites is 1. The molecule has 3 rings (SSSR count). The second kappa shape index (κ2) is 7.53. The van der Waals surface area contributed by atoms with Crippen LogP contribution in [0.5, 0.6) is 11.5 Å². The van der Waals surface area contributed by atoms with Crippen molar-refractivity contribution < 1.29 is 19.1 Å². The molecule has 0 fully saturated rings. The lowest BCUT2D eigenvalue weighted by molar-refractivity contribution is -0.117. The first-order valence-corrected chi connectivity index (χ1v) is 8.60. The Morgan fingerprint density at radius 2 is 1.81 bits per heavy atom. The number of ether oxygens (including phenoxy) is 2. The van der Waals surface area contributed by atoms with Gasteiger partial charge in [-0.15, -0.1) is 0 Å². The van der Waals surface area contributed by atoms with Gasteiger partial charge >= 0.3 is 0 Å². The van der Waals surface area contributed by atoms with Crippen LogP contribution in [0.3, 0.4) is 0 Å². The Morgan fingerprint density at radius 1 is 1.07 bits per heavy atom. The summed E-state index contributed by atoms with van der Waals surface area (Å²) in [5, 5.41) is 3.51. The highest BCUT2D eigenvalue weighted by molar-refractivity contribution is 6.45. The summed E-state index contributed by atoms with van der Waals surface area (Å²) >= 11 is 0. The topological polar surface area (TPSA) is 80.4 Å². The molecule has 2 N–H and O–H groups in total. The van der Waals surface area contributed by atoms with Gasteiger partial charge in [0.2, 0.25) is 0 Å². The largest absolute Gasteiger partial charge is 0.497 e. The molecule has 6 nitrogen and oxygen atoms in total. The van der Waals surface area contributed by atoms with Crippen molar-refractivity contribution in [1.82, 2.24) is 10.3 Å². The maximum absolute atomic E-state index is 12.8. The summed E-state index contributed by atoms with van der Waals surface area (Å²) in [6.07, 6.45) is 0. The first-order chi connectivity index (χ1) is 13.0. The molecule has 0 radical (unpaired) electrons. The lowest BCUT2D eigenvalue weighted by Gasteiger charge is -2.17. The molecule has 0 saturated carbocycles. The molecule has 0 bridgehead atoms. The van der Waals surface area contributed by atoms with E-state index >= 15 is 0 Å². The van der Waals surface area contributed by atoms with Gasteiger partial charge < -0.3 is 19.8 Å². The number of carbonyl (C=O) groups excluding carboxylic acids is 2. The minimum atomic E-state index is -0.659. The third-order valence-electron chi connectivity index (χ3n) is 4.58. The first kappa shape index (κ1) is 18.5. The molecule has 140 valence electrons. The number of aromatic amines is 1. The van der Waals surface area contributed by atoms with Crippen molar-refractivity contribution in [2.24, 2.45) is 0 Å². The molecule has 0 aliphatic rings. The maximum Gasteiger partial charge on any atom is 0.292 e. The summed E-state index contributed by atoms with van der Waals surface area (Å²) in [7, 11) is 3.12. The molecule has 27 heavy (non-hydrogen) atoms. The number of amides is 1. The van der Waals surface area contributed by atoms with Crippen molar-refractivity contribution in [3.63, 3.8) is 0 Å². The van der Waals surface area contributed by atoms with E-state index in [-0.39, 0.29) is 0 Å². The van der Waals surface area contributed by atoms with E-state index in [9.17, 15) is 9.59 Å². The summed E-state index contributed by atoms with van der Waals surface area (Å²) in [6, 6.07) is 12.4. The van der Waals surface area contributed by atoms with Gasteiger partial charge in [-0.2, -0.15) is 0 Å². The Hall–Kier alpha value is -3.28. The van der Waals surface area contributed by atoms with Crippen LogP contribution < -0.4 is 14.8 Å². The SMILES string of the molecule is COc1ccc(C(C)NC(=O)C(=O)c2c(C)[nH]c3ccccc23)c(OC)c1. The molecule has 2 aromatic carbocycles. The van der Waals surface area contributed by atoms with Gasteiger partial charge in [0.05, 0.1) is 25.8 Å². The van der Waals surface area contributed by atoms with E-state index in [4.69, 9.17) is 9.47 Å². The number of carbonyl (C=O) groups is 2. The Balaban J connectivity index is 1.84.